The lowest BCUT2D eigenvalue weighted by Crippen LogP contribution is -2.24. The molecule has 1 aliphatic heterocycles. The summed E-state index contributed by atoms with van der Waals surface area (Å²) < 4.78 is 5.99. The minimum Gasteiger partial charge on any atom is -0.485 e. The number of ether oxygens (including phenoxy) is 1. The van der Waals surface area contributed by atoms with Crippen LogP contribution in [0.2, 0.25) is 0 Å². The van der Waals surface area contributed by atoms with Crippen LogP contribution in [0.1, 0.15) is 50.4 Å². The van der Waals surface area contributed by atoms with Crippen LogP contribution in [0.15, 0.2) is 54.9 Å². The number of carboxylic acids is 1. The Hall–Kier alpha value is -3.67. The SMILES string of the molecule is Cc1c(CNC(=O)c2ccc3c(c2)OC(C)c2cnccc2-3)cccc1C(=O)O. The molecule has 29 heavy (non-hydrogen) atoms. The van der Waals surface area contributed by atoms with Gasteiger partial charge in [-0.05, 0) is 60.9 Å². The molecule has 0 spiro atoms. The third-order valence-electron chi connectivity index (χ3n) is 5.24. The number of hydrogen-bond acceptors (Lipinski definition) is 4. The van der Waals surface area contributed by atoms with Crippen LogP contribution >= 0.6 is 0 Å². The van der Waals surface area contributed by atoms with Crippen molar-refractivity contribution >= 4 is 11.9 Å². The summed E-state index contributed by atoms with van der Waals surface area (Å²) in [4.78, 5) is 28.1. The smallest absolute Gasteiger partial charge is 0.335 e. The van der Waals surface area contributed by atoms with Gasteiger partial charge in [-0.25, -0.2) is 4.79 Å². The number of aromatic nitrogens is 1. The van der Waals surface area contributed by atoms with Crippen LogP contribution in [0.3, 0.4) is 0 Å². The van der Waals surface area contributed by atoms with E-state index in [0.717, 1.165) is 22.3 Å². The first-order chi connectivity index (χ1) is 14.0. The summed E-state index contributed by atoms with van der Waals surface area (Å²) in [5.41, 5.74) is 5.15. The van der Waals surface area contributed by atoms with Gasteiger partial charge in [-0.2, -0.15) is 0 Å². The van der Waals surface area contributed by atoms with E-state index in [9.17, 15) is 14.7 Å². The molecule has 2 aromatic carbocycles. The van der Waals surface area contributed by atoms with Crippen molar-refractivity contribution in [2.24, 2.45) is 0 Å². The molecular formula is C23H20N2O4. The predicted octanol–water partition coefficient (Wildman–Crippen LogP) is 4.14. The molecule has 0 bridgehead atoms. The zero-order valence-corrected chi connectivity index (χ0v) is 16.1. The second-order valence-electron chi connectivity index (χ2n) is 7.01. The standard InChI is InChI=1S/C23H20N2O4/c1-13-16(4-3-5-17(13)23(27)28)11-25-22(26)15-6-7-19-18-8-9-24-12-20(18)14(2)29-21(19)10-15/h3-10,12,14H,11H2,1-2H3,(H,25,26)(H,27,28). The second kappa shape index (κ2) is 7.39. The van der Waals surface area contributed by atoms with Crippen molar-refractivity contribution in [2.45, 2.75) is 26.5 Å². The first kappa shape index (κ1) is 18.7. The number of carboxylic acid groups (broad SMARTS) is 1. The van der Waals surface area contributed by atoms with E-state index in [-0.39, 0.29) is 24.1 Å². The highest BCUT2D eigenvalue weighted by Crippen LogP contribution is 2.42. The summed E-state index contributed by atoms with van der Waals surface area (Å²) in [5, 5.41) is 12.1. The summed E-state index contributed by atoms with van der Waals surface area (Å²) in [7, 11) is 0. The van der Waals surface area contributed by atoms with Crippen molar-refractivity contribution in [1.29, 1.82) is 0 Å². The first-order valence-corrected chi connectivity index (χ1v) is 9.30. The van der Waals surface area contributed by atoms with Crippen LogP contribution in [-0.2, 0) is 6.54 Å². The summed E-state index contributed by atoms with van der Waals surface area (Å²) in [6.45, 7) is 3.94. The lowest BCUT2D eigenvalue weighted by atomic mass is 9.94. The fourth-order valence-corrected chi connectivity index (χ4v) is 3.60. The van der Waals surface area contributed by atoms with Crippen LogP contribution in [0.5, 0.6) is 5.75 Å². The summed E-state index contributed by atoms with van der Waals surface area (Å²) in [6.07, 6.45) is 3.40. The quantitative estimate of drug-likeness (QED) is 0.701. The Kier molecular flexibility index (Phi) is 4.76. The summed E-state index contributed by atoms with van der Waals surface area (Å²) in [6, 6.07) is 12.4. The Morgan fingerprint density at radius 1 is 1.17 bits per heavy atom. The molecule has 2 heterocycles. The molecule has 1 aliphatic rings. The number of nitrogens with zero attached hydrogens (tertiary/aromatic N) is 1. The van der Waals surface area contributed by atoms with Gasteiger partial charge in [0.2, 0.25) is 0 Å². The van der Waals surface area contributed by atoms with Gasteiger partial charge < -0.3 is 15.2 Å². The molecule has 0 saturated heterocycles. The zero-order chi connectivity index (χ0) is 20.5. The number of hydrogen-bond donors (Lipinski definition) is 2. The van der Waals surface area contributed by atoms with E-state index >= 15 is 0 Å². The molecule has 2 N–H and O–H groups in total. The lowest BCUT2D eigenvalue weighted by molar-refractivity contribution is 0.0696. The van der Waals surface area contributed by atoms with E-state index in [4.69, 9.17) is 4.74 Å². The lowest BCUT2D eigenvalue weighted by Gasteiger charge is -2.26. The number of rotatable bonds is 4. The molecule has 0 aliphatic carbocycles. The van der Waals surface area contributed by atoms with E-state index < -0.39 is 5.97 Å². The van der Waals surface area contributed by atoms with E-state index in [1.807, 2.05) is 25.1 Å². The molecule has 0 fully saturated rings. The molecule has 146 valence electrons. The van der Waals surface area contributed by atoms with Gasteiger partial charge in [0, 0.05) is 35.6 Å². The minimum atomic E-state index is -0.980. The van der Waals surface area contributed by atoms with E-state index in [1.165, 1.54) is 0 Å². The van der Waals surface area contributed by atoms with Crippen LogP contribution in [0.4, 0.5) is 0 Å². The Balaban J connectivity index is 1.55. The molecule has 0 saturated carbocycles. The molecule has 1 aromatic heterocycles. The third-order valence-corrected chi connectivity index (χ3v) is 5.24. The molecular weight excluding hydrogens is 368 g/mol. The Morgan fingerprint density at radius 2 is 2.00 bits per heavy atom. The van der Waals surface area contributed by atoms with Crippen LogP contribution in [-0.4, -0.2) is 22.0 Å². The fraction of sp³-hybridized carbons (Fsp3) is 0.174. The molecule has 1 amide bonds. The maximum Gasteiger partial charge on any atom is 0.335 e. The number of amides is 1. The van der Waals surface area contributed by atoms with Gasteiger partial charge in [0.1, 0.15) is 11.9 Å². The second-order valence-corrected chi connectivity index (χ2v) is 7.01. The van der Waals surface area contributed by atoms with Gasteiger partial charge in [0.05, 0.1) is 5.56 Å². The van der Waals surface area contributed by atoms with E-state index in [2.05, 4.69) is 10.3 Å². The maximum atomic E-state index is 12.7. The highest BCUT2D eigenvalue weighted by Gasteiger charge is 2.24. The number of nitrogens with one attached hydrogen (secondary N) is 1. The van der Waals surface area contributed by atoms with Gasteiger partial charge in [0.15, 0.2) is 0 Å². The Morgan fingerprint density at radius 3 is 2.79 bits per heavy atom. The van der Waals surface area contributed by atoms with Crippen molar-refractivity contribution < 1.29 is 19.4 Å². The highest BCUT2D eigenvalue weighted by atomic mass is 16.5. The molecule has 1 unspecified atom stereocenters. The van der Waals surface area contributed by atoms with Gasteiger partial charge in [-0.3, -0.25) is 9.78 Å². The van der Waals surface area contributed by atoms with Crippen molar-refractivity contribution in [3.8, 4) is 16.9 Å². The molecule has 6 nitrogen and oxygen atoms in total. The number of benzene rings is 2. The summed E-state index contributed by atoms with van der Waals surface area (Å²) in [5.74, 6) is -0.565. The third kappa shape index (κ3) is 3.45. The number of carbonyl (C=O) groups is 2. The van der Waals surface area contributed by atoms with Gasteiger partial charge in [-0.1, -0.05) is 12.1 Å². The summed E-state index contributed by atoms with van der Waals surface area (Å²) >= 11 is 0. The molecule has 4 rings (SSSR count). The number of carbonyl (C=O) groups excluding carboxylic acids is 1. The Bertz CT molecular complexity index is 1120. The van der Waals surface area contributed by atoms with E-state index in [1.54, 1.807) is 43.6 Å². The van der Waals surface area contributed by atoms with Crippen molar-refractivity contribution in [3.05, 3.63) is 82.7 Å². The number of pyridine rings is 1. The first-order valence-electron chi connectivity index (χ1n) is 9.30. The molecule has 3 aromatic rings. The zero-order valence-electron chi connectivity index (χ0n) is 16.1. The number of aromatic carboxylic acids is 1. The van der Waals surface area contributed by atoms with Crippen LogP contribution in [0, 0.1) is 6.92 Å². The monoisotopic (exact) mass is 388 g/mol. The maximum absolute atomic E-state index is 12.7. The van der Waals surface area contributed by atoms with Crippen molar-refractivity contribution in [2.75, 3.05) is 0 Å². The average Bonchev–Trinajstić information content (AvgIpc) is 2.72. The minimum absolute atomic E-state index is 0.147. The van der Waals surface area contributed by atoms with Gasteiger partial charge >= 0.3 is 5.97 Å². The average molecular weight is 388 g/mol. The Labute approximate surface area is 168 Å². The largest absolute Gasteiger partial charge is 0.485 e. The highest BCUT2D eigenvalue weighted by molar-refractivity contribution is 5.96. The van der Waals surface area contributed by atoms with Crippen molar-refractivity contribution in [3.63, 3.8) is 0 Å². The van der Waals surface area contributed by atoms with Crippen LogP contribution < -0.4 is 10.1 Å². The molecule has 0 radical (unpaired) electrons. The molecule has 6 heteroatoms. The van der Waals surface area contributed by atoms with Gasteiger partial charge in [0.25, 0.3) is 5.91 Å². The van der Waals surface area contributed by atoms with E-state index in [0.29, 0.717) is 16.9 Å². The van der Waals surface area contributed by atoms with Crippen LogP contribution in [0.25, 0.3) is 11.1 Å². The number of fused-ring (bicyclic) bond motifs is 3. The fourth-order valence-electron chi connectivity index (χ4n) is 3.60. The van der Waals surface area contributed by atoms with Crippen molar-refractivity contribution in [1.82, 2.24) is 10.3 Å². The van der Waals surface area contributed by atoms with Gasteiger partial charge in [-0.15, -0.1) is 0 Å². The molecule has 1 atom stereocenters. The predicted molar refractivity (Wildman–Crippen MR) is 108 cm³/mol. The normalized spacial score (nSPS) is 14.3. The topological polar surface area (TPSA) is 88.5 Å².